The first-order valence-electron chi connectivity index (χ1n) is 20.2. The second kappa shape index (κ2) is 15.4. The van der Waals surface area contributed by atoms with E-state index in [4.69, 9.17) is 29.3 Å². The predicted molar refractivity (Wildman–Crippen MR) is 246 cm³/mol. The molecule has 0 aliphatic rings. The number of aromatic nitrogens is 5. The summed E-state index contributed by atoms with van der Waals surface area (Å²) >= 11 is 0. The van der Waals surface area contributed by atoms with E-state index in [1.807, 2.05) is 97.1 Å². The van der Waals surface area contributed by atoms with Gasteiger partial charge < -0.3 is 4.42 Å². The van der Waals surface area contributed by atoms with E-state index in [0.717, 1.165) is 83.2 Å². The molecule has 0 atom stereocenters. The summed E-state index contributed by atoms with van der Waals surface area (Å²) in [6.45, 7) is 0. The quantitative estimate of drug-likeness (QED) is 0.153. The van der Waals surface area contributed by atoms with Crippen molar-refractivity contribution in [3.8, 4) is 90.2 Å². The van der Waals surface area contributed by atoms with Crippen LogP contribution in [0.3, 0.4) is 0 Å². The highest BCUT2D eigenvalue weighted by molar-refractivity contribution is 6.10. The van der Waals surface area contributed by atoms with Gasteiger partial charge in [0, 0.05) is 33.2 Å². The van der Waals surface area contributed by atoms with Crippen LogP contribution >= 0.6 is 0 Å². The zero-order valence-corrected chi connectivity index (χ0v) is 32.9. The third-order valence-electron chi connectivity index (χ3n) is 11.0. The summed E-state index contributed by atoms with van der Waals surface area (Å²) in [5.74, 6) is 2.57. The van der Waals surface area contributed by atoms with Crippen LogP contribution in [0.25, 0.3) is 112 Å². The summed E-state index contributed by atoms with van der Waals surface area (Å²) in [6.07, 6.45) is 0. The van der Waals surface area contributed by atoms with Crippen LogP contribution in [0.1, 0.15) is 0 Å². The Morgan fingerprint density at radius 2 is 0.557 bits per heavy atom. The number of furan rings is 1. The number of nitrogens with zero attached hydrogens (tertiary/aromatic N) is 5. The molecule has 11 aromatic rings. The van der Waals surface area contributed by atoms with E-state index in [9.17, 15) is 0 Å². The van der Waals surface area contributed by atoms with Crippen LogP contribution in [0.4, 0.5) is 0 Å². The Morgan fingerprint density at radius 1 is 0.246 bits per heavy atom. The van der Waals surface area contributed by atoms with Gasteiger partial charge in [-0.3, -0.25) is 0 Å². The molecule has 0 unspecified atom stereocenters. The lowest BCUT2D eigenvalue weighted by atomic mass is 9.97. The lowest BCUT2D eigenvalue weighted by Crippen LogP contribution is -2.00. The Balaban J connectivity index is 0.818. The maximum atomic E-state index is 6.24. The Kier molecular flexibility index (Phi) is 9.06. The van der Waals surface area contributed by atoms with Crippen molar-refractivity contribution in [3.63, 3.8) is 0 Å². The molecular formula is C55H35N5O. The topological polar surface area (TPSA) is 77.6 Å². The molecule has 0 N–H and O–H groups in total. The highest BCUT2D eigenvalue weighted by Crippen LogP contribution is 2.37. The molecule has 0 saturated heterocycles. The molecule has 8 aromatic carbocycles. The van der Waals surface area contributed by atoms with E-state index < -0.39 is 0 Å². The maximum Gasteiger partial charge on any atom is 0.231 e. The van der Waals surface area contributed by atoms with Crippen molar-refractivity contribution in [2.45, 2.75) is 0 Å². The first kappa shape index (κ1) is 35.8. The Morgan fingerprint density at radius 3 is 0.967 bits per heavy atom. The molecule has 0 aliphatic heterocycles. The van der Waals surface area contributed by atoms with Crippen molar-refractivity contribution in [1.82, 2.24) is 24.9 Å². The van der Waals surface area contributed by atoms with E-state index in [1.165, 1.54) is 0 Å². The molecule has 0 saturated carbocycles. The molecular weight excluding hydrogens is 747 g/mol. The van der Waals surface area contributed by atoms with Gasteiger partial charge in [0.2, 0.25) is 5.71 Å². The number of rotatable bonds is 8. The van der Waals surface area contributed by atoms with Crippen LogP contribution in [0.5, 0.6) is 0 Å². The van der Waals surface area contributed by atoms with Gasteiger partial charge in [-0.2, -0.15) is 4.98 Å². The van der Waals surface area contributed by atoms with Crippen LogP contribution in [-0.4, -0.2) is 24.9 Å². The van der Waals surface area contributed by atoms with E-state index in [2.05, 4.69) is 115 Å². The van der Waals surface area contributed by atoms with Gasteiger partial charge in [0.05, 0.1) is 11.1 Å². The lowest BCUT2D eigenvalue weighted by Gasteiger charge is -2.10. The van der Waals surface area contributed by atoms with Gasteiger partial charge >= 0.3 is 0 Å². The average Bonchev–Trinajstić information content (AvgIpc) is 3.73. The molecule has 0 amide bonds. The van der Waals surface area contributed by atoms with Crippen molar-refractivity contribution in [3.05, 3.63) is 212 Å². The molecule has 11 rings (SSSR count). The van der Waals surface area contributed by atoms with Gasteiger partial charge in [-0.15, -0.1) is 0 Å². The zero-order valence-electron chi connectivity index (χ0n) is 32.9. The molecule has 3 heterocycles. The lowest BCUT2D eigenvalue weighted by molar-refractivity contribution is 0.653. The molecule has 0 fully saturated rings. The van der Waals surface area contributed by atoms with E-state index >= 15 is 0 Å². The number of para-hydroxylation sites is 1. The van der Waals surface area contributed by atoms with Crippen molar-refractivity contribution in [1.29, 1.82) is 0 Å². The number of benzene rings is 8. The van der Waals surface area contributed by atoms with Crippen LogP contribution in [-0.2, 0) is 0 Å². The van der Waals surface area contributed by atoms with Crippen LogP contribution < -0.4 is 0 Å². The van der Waals surface area contributed by atoms with Gasteiger partial charge in [0.15, 0.2) is 23.3 Å². The van der Waals surface area contributed by atoms with Crippen LogP contribution in [0.15, 0.2) is 217 Å². The largest absolute Gasteiger partial charge is 0.438 e. The molecule has 0 bridgehead atoms. The Hall–Kier alpha value is -8.35. The minimum absolute atomic E-state index is 0.586. The second-order valence-electron chi connectivity index (χ2n) is 14.9. The molecule has 6 heteroatoms. The van der Waals surface area contributed by atoms with Crippen molar-refractivity contribution >= 4 is 22.1 Å². The van der Waals surface area contributed by atoms with Gasteiger partial charge in [-0.25, -0.2) is 19.9 Å². The van der Waals surface area contributed by atoms with E-state index in [0.29, 0.717) is 29.0 Å². The molecule has 0 radical (unpaired) electrons. The van der Waals surface area contributed by atoms with E-state index in [1.54, 1.807) is 0 Å². The molecule has 6 nitrogen and oxygen atoms in total. The molecule has 61 heavy (non-hydrogen) atoms. The Labute approximate surface area is 352 Å². The van der Waals surface area contributed by atoms with Crippen LogP contribution in [0, 0.1) is 0 Å². The molecule has 0 spiro atoms. The third-order valence-corrected chi connectivity index (χ3v) is 11.0. The highest BCUT2D eigenvalue weighted by atomic mass is 16.3. The normalized spacial score (nSPS) is 11.3. The van der Waals surface area contributed by atoms with Crippen molar-refractivity contribution in [2.75, 3.05) is 0 Å². The summed E-state index contributed by atoms with van der Waals surface area (Å²) in [7, 11) is 0. The zero-order chi connectivity index (χ0) is 40.5. The number of hydrogen-bond donors (Lipinski definition) is 0. The minimum Gasteiger partial charge on any atom is -0.438 e. The van der Waals surface area contributed by atoms with Crippen molar-refractivity contribution in [2.24, 2.45) is 0 Å². The summed E-state index contributed by atoms with van der Waals surface area (Å²) in [5.41, 5.74) is 13.8. The van der Waals surface area contributed by atoms with Gasteiger partial charge in [-0.1, -0.05) is 206 Å². The first-order valence-corrected chi connectivity index (χ1v) is 20.2. The van der Waals surface area contributed by atoms with Crippen LogP contribution in [0.2, 0.25) is 0 Å². The summed E-state index contributed by atoms with van der Waals surface area (Å²) < 4.78 is 6.24. The molecule has 3 aromatic heterocycles. The predicted octanol–water partition coefficient (Wildman–Crippen LogP) is 13.9. The molecule has 286 valence electrons. The SMILES string of the molecule is c1ccc(-c2nc(-c3ccccc3)nc(-c3ccc(-c4ccc(-c5ccc(-c6ccc(-c7nc(-c8ccccc8)c8c(n7)oc7ccccc78)cc6)cc5)cc4)cc3)n2)cc1. The van der Waals surface area contributed by atoms with E-state index in [-0.39, 0.29) is 0 Å². The van der Waals surface area contributed by atoms with Crippen molar-refractivity contribution < 1.29 is 4.42 Å². The first-order chi connectivity index (χ1) is 30.2. The van der Waals surface area contributed by atoms with Gasteiger partial charge in [0.1, 0.15) is 5.58 Å². The monoisotopic (exact) mass is 781 g/mol. The number of fused-ring (bicyclic) bond motifs is 3. The smallest absolute Gasteiger partial charge is 0.231 e. The van der Waals surface area contributed by atoms with Gasteiger partial charge in [-0.05, 0) is 39.4 Å². The minimum atomic E-state index is 0.586. The maximum absolute atomic E-state index is 6.24. The summed E-state index contributed by atoms with van der Waals surface area (Å²) in [6, 6.07) is 72.6. The fourth-order valence-electron chi connectivity index (χ4n) is 7.83. The highest BCUT2D eigenvalue weighted by Gasteiger charge is 2.18. The van der Waals surface area contributed by atoms with Gasteiger partial charge in [0.25, 0.3) is 0 Å². The third kappa shape index (κ3) is 7.02. The number of hydrogen-bond acceptors (Lipinski definition) is 6. The summed E-state index contributed by atoms with van der Waals surface area (Å²) in [4.78, 5) is 24.6. The summed E-state index contributed by atoms with van der Waals surface area (Å²) in [5, 5.41) is 1.94. The second-order valence-corrected chi connectivity index (χ2v) is 14.9. The Bertz CT molecular complexity index is 3240. The molecule has 0 aliphatic carbocycles. The standard InChI is InChI=1S/C55H35N5O/c1-4-12-42(13-5-1)50-49-47-18-10-11-19-48(47)61-55(49)60-51(56-50)45-32-28-40(29-33-45)38-24-20-36(21-25-38)37-22-26-39(27-23-37)41-30-34-46(35-31-41)54-58-52(43-14-6-2-7-15-43)57-53(59-54)44-16-8-3-9-17-44/h1-35H. The fourth-order valence-corrected chi connectivity index (χ4v) is 7.83. The fraction of sp³-hybridized carbons (Fsp3) is 0. The average molecular weight is 782 g/mol.